The van der Waals surface area contributed by atoms with E-state index in [9.17, 15) is 9.90 Å². The van der Waals surface area contributed by atoms with Crippen LogP contribution >= 0.6 is 0 Å². The highest BCUT2D eigenvalue weighted by Gasteiger charge is 2.27. The number of rotatable bonds is 3. The lowest BCUT2D eigenvalue weighted by Crippen LogP contribution is -2.47. The van der Waals surface area contributed by atoms with Gasteiger partial charge in [-0.25, -0.2) is 4.79 Å². The normalized spacial score (nSPS) is 20.9. The third kappa shape index (κ3) is 3.96. The number of urea groups is 1. The fourth-order valence-corrected chi connectivity index (χ4v) is 2.62. The van der Waals surface area contributed by atoms with Crippen LogP contribution in [0.25, 0.3) is 0 Å². The fraction of sp³-hybridized carbons (Fsp3) is 0.533. The van der Waals surface area contributed by atoms with Crippen LogP contribution in [0.5, 0.6) is 0 Å². The average molecular weight is 262 g/mol. The maximum Gasteiger partial charge on any atom is 0.322 e. The predicted molar refractivity (Wildman–Crippen MR) is 76.1 cm³/mol. The molecule has 1 aromatic rings. The van der Waals surface area contributed by atoms with Crippen molar-refractivity contribution in [3.8, 4) is 0 Å². The van der Waals surface area contributed by atoms with Gasteiger partial charge in [-0.3, -0.25) is 0 Å². The summed E-state index contributed by atoms with van der Waals surface area (Å²) in [6.07, 6.45) is 3.44. The van der Waals surface area contributed by atoms with E-state index in [-0.39, 0.29) is 18.2 Å². The number of nitrogens with zero attached hydrogens (tertiary/aromatic N) is 1. The molecule has 0 aliphatic carbocycles. The first-order chi connectivity index (χ1) is 9.16. The lowest BCUT2D eigenvalue weighted by Gasteiger charge is -2.36. The van der Waals surface area contributed by atoms with Gasteiger partial charge in [0, 0.05) is 18.3 Å². The van der Waals surface area contributed by atoms with Crippen molar-refractivity contribution in [3.05, 3.63) is 30.3 Å². The maximum atomic E-state index is 12.3. The first kappa shape index (κ1) is 13.9. The van der Waals surface area contributed by atoms with Crippen molar-refractivity contribution in [2.45, 2.75) is 44.8 Å². The number of carbonyl (C=O) groups is 1. The van der Waals surface area contributed by atoms with Gasteiger partial charge in [-0.15, -0.1) is 0 Å². The number of amides is 2. The van der Waals surface area contributed by atoms with Gasteiger partial charge in [0.1, 0.15) is 0 Å². The number of aliphatic hydroxyl groups excluding tert-OH is 1. The van der Waals surface area contributed by atoms with Crippen LogP contribution in [-0.2, 0) is 0 Å². The number of carbonyl (C=O) groups excluding carboxylic acids is 1. The molecule has 0 aromatic heterocycles. The maximum absolute atomic E-state index is 12.3. The Morgan fingerprint density at radius 1 is 1.42 bits per heavy atom. The van der Waals surface area contributed by atoms with Crippen LogP contribution in [0.1, 0.15) is 32.6 Å². The van der Waals surface area contributed by atoms with Gasteiger partial charge < -0.3 is 15.3 Å². The molecule has 104 valence electrons. The Hall–Kier alpha value is -1.55. The zero-order valence-electron chi connectivity index (χ0n) is 11.4. The summed E-state index contributed by atoms with van der Waals surface area (Å²) in [6, 6.07) is 9.58. The number of para-hydroxylation sites is 1. The minimum Gasteiger partial charge on any atom is -0.393 e. The number of aliphatic hydroxyl groups is 1. The molecule has 1 fully saturated rings. The van der Waals surface area contributed by atoms with Gasteiger partial charge >= 0.3 is 6.03 Å². The molecular formula is C15H22N2O2. The van der Waals surface area contributed by atoms with Crippen LogP contribution < -0.4 is 5.32 Å². The molecule has 0 bridgehead atoms. The number of hydrogen-bond acceptors (Lipinski definition) is 2. The first-order valence-electron chi connectivity index (χ1n) is 6.97. The average Bonchev–Trinajstić information content (AvgIpc) is 2.39. The largest absolute Gasteiger partial charge is 0.393 e. The first-order valence-corrected chi connectivity index (χ1v) is 6.97. The summed E-state index contributed by atoms with van der Waals surface area (Å²) < 4.78 is 0. The van der Waals surface area contributed by atoms with Crippen molar-refractivity contribution in [1.82, 2.24) is 4.90 Å². The number of likely N-dealkylation sites (tertiary alicyclic amines) is 1. The summed E-state index contributed by atoms with van der Waals surface area (Å²) in [7, 11) is 0. The molecule has 2 unspecified atom stereocenters. The minimum atomic E-state index is -0.366. The highest BCUT2D eigenvalue weighted by molar-refractivity contribution is 5.89. The topological polar surface area (TPSA) is 52.6 Å². The van der Waals surface area contributed by atoms with Gasteiger partial charge in [0.15, 0.2) is 0 Å². The Morgan fingerprint density at radius 3 is 2.84 bits per heavy atom. The summed E-state index contributed by atoms with van der Waals surface area (Å²) in [4.78, 5) is 14.2. The van der Waals surface area contributed by atoms with Crippen molar-refractivity contribution in [2.75, 3.05) is 11.9 Å². The van der Waals surface area contributed by atoms with Gasteiger partial charge in [-0.1, -0.05) is 18.2 Å². The Bertz CT molecular complexity index is 406. The van der Waals surface area contributed by atoms with Crippen LogP contribution in [0.15, 0.2) is 30.3 Å². The molecule has 2 amide bonds. The van der Waals surface area contributed by atoms with Crippen molar-refractivity contribution in [1.29, 1.82) is 0 Å². The van der Waals surface area contributed by atoms with E-state index >= 15 is 0 Å². The summed E-state index contributed by atoms with van der Waals surface area (Å²) in [5.74, 6) is 0. The second kappa shape index (κ2) is 6.57. The van der Waals surface area contributed by atoms with Crippen molar-refractivity contribution in [3.63, 3.8) is 0 Å². The van der Waals surface area contributed by atoms with Crippen LogP contribution in [-0.4, -0.2) is 34.7 Å². The fourth-order valence-electron chi connectivity index (χ4n) is 2.62. The Balaban J connectivity index is 1.99. The number of piperidine rings is 1. The second-order valence-electron chi connectivity index (χ2n) is 5.22. The monoisotopic (exact) mass is 262 g/mol. The van der Waals surface area contributed by atoms with E-state index in [0.29, 0.717) is 6.42 Å². The second-order valence-corrected chi connectivity index (χ2v) is 5.22. The molecule has 1 saturated heterocycles. The molecule has 4 nitrogen and oxygen atoms in total. The highest BCUT2D eigenvalue weighted by atomic mass is 16.3. The molecule has 4 heteroatoms. The smallest absolute Gasteiger partial charge is 0.322 e. The van der Waals surface area contributed by atoms with E-state index in [1.165, 1.54) is 0 Å². The van der Waals surface area contributed by atoms with Crippen molar-refractivity contribution in [2.24, 2.45) is 0 Å². The third-order valence-corrected chi connectivity index (χ3v) is 3.53. The Labute approximate surface area is 114 Å². The van der Waals surface area contributed by atoms with Gasteiger partial charge in [0.05, 0.1) is 6.10 Å². The molecule has 1 aliphatic rings. The minimum absolute atomic E-state index is 0.0587. The predicted octanol–water partition coefficient (Wildman–Crippen LogP) is 2.84. The summed E-state index contributed by atoms with van der Waals surface area (Å²) in [5, 5.41) is 12.5. The molecule has 2 N–H and O–H groups in total. The van der Waals surface area contributed by atoms with Crippen LogP contribution in [0.3, 0.4) is 0 Å². The number of nitrogens with one attached hydrogen (secondary N) is 1. The zero-order valence-corrected chi connectivity index (χ0v) is 11.4. The molecule has 0 radical (unpaired) electrons. The van der Waals surface area contributed by atoms with Crippen molar-refractivity contribution < 1.29 is 9.90 Å². The molecule has 0 spiro atoms. The van der Waals surface area contributed by atoms with Gasteiger partial charge in [-0.2, -0.15) is 0 Å². The standard InChI is InChI=1S/C15H22N2O2/c1-12(18)11-14-9-5-6-10-17(14)15(19)16-13-7-3-2-4-8-13/h2-4,7-8,12,14,18H,5-6,9-11H2,1H3,(H,16,19). The highest BCUT2D eigenvalue weighted by Crippen LogP contribution is 2.22. The van der Waals surface area contributed by atoms with Crippen LogP contribution in [0.2, 0.25) is 0 Å². The van der Waals surface area contributed by atoms with Crippen molar-refractivity contribution >= 4 is 11.7 Å². The SMILES string of the molecule is CC(O)CC1CCCCN1C(=O)Nc1ccccc1. The summed E-state index contributed by atoms with van der Waals surface area (Å²) in [5.41, 5.74) is 0.814. The molecular weight excluding hydrogens is 240 g/mol. The lowest BCUT2D eigenvalue weighted by atomic mass is 9.98. The van der Waals surface area contributed by atoms with E-state index in [2.05, 4.69) is 5.32 Å². The lowest BCUT2D eigenvalue weighted by molar-refractivity contribution is 0.108. The summed E-state index contributed by atoms with van der Waals surface area (Å²) in [6.45, 7) is 2.55. The molecule has 0 saturated carbocycles. The number of benzene rings is 1. The Kier molecular flexibility index (Phi) is 4.80. The van der Waals surface area contributed by atoms with E-state index in [0.717, 1.165) is 31.5 Å². The van der Waals surface area contributed by atoms with Gasteiger partial charge in [-0.05, 0) is 44.7 Å². The van der Waals surface area contributed by atoms with Gasteiger partial charge in [0.25, 0.3) is 0 Å². The van der Waals surface area contributed by atoms with Crippen LogP contribution in [0, 0.1) is 0 Å². The van der Waals surface area contributed by atoms with E-state index < -0.39 is 0 Å². The number of hydrogen-bond donors (Lipinski definition) is 2. The molecule has 1 aromatic carbocycles. The zero-order chi connectivity index (χ0) is 13.7. The Morgan fingerprint density at radius 2 is 2.16 bits per heavy atom. The molecule has 1 heterocycles. The summed E-state index contributed by atoms with van der Waals surface area (Å²) >= 11 is 0. The molecule has 1 aliphatic heterocycles. The van der Waals surface area contributed by atoms with E-state index in [1.54, 1.807) is 6.92 Å². The van der Waals surface area contributed by atoms with E-state index in [4.69, 9.17) is 0 Å². The number of anilines is 1. The molecule has 2 rings (SSSR count). The van der Waals surface area contributed by atoms with Crippen LogP contribution in [0.4, 0.5) is 10.5 Å². The van der Waals surface area contributed by atoms with Gasteiger partial charge in [0.2, 0.25) is 0 Å². The molecule has 19 heavy (non-hydrogen) atoms. The third-order valence-electron chi connectivity index (χ3n) is 3.53. The van der Waals surface area contributed by atoms with E-state index in [1.807, 2.05) is 35.2 Å². The quantitative estimate of drug-likeness (QED) is 0.880. The molecule has 2 atom stereocenters.